The molecule has 0 bridgehead atoms. The molecular weight excluding hydrogens is 360 g/mol. The van der Waals surface area contributed by atoms with Gasteiger partial charge >= 0.3 is 0 Å². The van der Waals surface area contributed by atoms with Gasteiger partial charge in [-0.05, 0) is 98.9 Å². The molecule has 156 valence electrons. The first-order valence-corrected chi connectivity index (χ1v) is 14.6. The summed E-state index contributed by atoms with van der Waals surface area (Å²) in [7, 11) is -1.80. The maximum atomic E-state index is 11.9. The number of hydrogen-bond donors (Lipinski definition) is 0. The Morgan fingerprint density at radius 3 is 2.57 bits per heavy atom. The van der Waals surface area contributed by atoms with E-state index in [1.165, 1.54) is 43.4 Å². The molecule has 3 heteroatoms. The third kappa shape index (κ3) is 3.07. The lowest BCUT2D eigenvalue weighted by molar-refractivity contribution is -0.116. The van der Waals surface area contributed by atoms with Crippen LogP contribution in [0.3, 0.4) is 0 Å². The van der Waals surface area contributed by atoms with Crippen LogP contribution in [0.4, 0.5) is 0 Å². The van der Waals surface area contributed by atoms with Gasteiger partial charge in [0.15, 0.2) is 5.78 Å². The molecule has 0 aliphatic heterocycles. The van der Waals surface area contributed by atoms with Crippen molar-refractivity contribution >= 4 is 14.1 Å². The van der Waals surface area contributed by atoms with Gasteiger partial charge in [0.05, 0.1) is 5.76 Å². The van der Waals surface area contributed by atoms with Gasteiger partial charge in [0.1, 0.15) is 0 Å². The van der Waals surface area contributed by atoms with Crippen LogP contribution in [0.15, 0.2) is 23.5 Å². The van der Waals surface area contributed by atoms with Crippen LogP contribution < -0.4 is 0 Å². The second-order valence-corrected chi connectivity index (χ2v) is 16.2. The molecule has 0 aromatic carbocycles. The van der Waals surface area contributed by atoms with E-state index >= 15 is 0 Å². The molecule has 0 spiro atoms. The molecular formula is C25H40O2Si. The summed E-state index contributed by atoms with van der Waals surface area (Å²) in [4.78, 5) is 11.9. The fourth-order valence-electron chi connectivity index (χ4n) is 6.72. The lowest BCUT2D eigenvalue weighted by Crippen LogP contribution is -2.49. The second-order valence-electron chi connectivity index (χ2n) is 11.5. The summed E-state index contributed by atoms with van der Waals surface area (Å²) in [6.45, 7) is 14.2. The number of carbonyl (C=O) groups excluding carboxylic acids is 1. The third-order valence-electron chi connectivity index (χ3n) is 9.36. The first kappa shape index (κ1) is 20.4. The SMILES string of the molecule is CCC12CCC3C4CCC(=O)C=C4CCC3C1CC=C2O[Si](C)(C)C(C)(C)C. The number of allylic oxidation sites excluding steroid dienone is 4. The van der Waals surface area contributed by atoms with Gasteiger partial charge < -0.3 is 4.43 Å². The Balaban J connectivity index is 1.58. The van der Waals surface area contributed by atoms with E-state index < -0.39 is 8.32 Å². The minimum atomic E-state index is -1.80. The quantitative estimate of drug-likeness (QED) is 0.475. The van der Waals surface area contributed by atoms with E-state index in [0.29, 0.717) is 11.7 Å². The summed E-state index contributed by atoms with van der Waals surface area (Å²) in [6.07, 6.45) is 13.9. The zero-order chi connectivity index (χ0) is 20.3. The summed E-state index contributed by atoms with van der Waals surface area (Å²) in [5, 5.41) is 0.247. The summed E-state index contributed by atoms with van der Waals surface area (Å²) in [5.41, 5.74) is 1.77. The van der Waals surface area contributed by atoms with Crippen LogP contribution in [-0.2, 0) is 9.22 Å². The second kappa shape index (κ2) is 6.86. The Hall–Kier alpha value is -0.833. The minimum Gasteiger partial charge on any atom is -0.546 e. The van der Waals surface area contributed by atoms with Gasteiger partial charge in [0, 0.05) is 11.8 Å². The monoisotopic (exact) mass is 400 g/mol. The molecule has 2 saturated carbocycles. The molecule has 4 rings (SSSR count). The molecule has 4 aliphatic carbocycles. The first-order chi connectivity index (χ1) is 13.1. The molecule has 0 saturated heterocycles. The fourth-order valence-corrected chi connectivity index (χ4v) is 7.87. The Morgan fingerprint density at radius 2 is 1.89 bits per heavy atom. The number of fused-ring (bicyclic) bond motifs is 5. The van der Waals surface area contributed by atoms with Crippen LogP contribution in [0, 0.1) is 29.1 Å². The predicted molar refractivity (Wildman–Crippen MR) is 118 cm³/mol. The smallest absolute Gasteiger partial charge is 0.250 e. The van der Waals surface area contributed by atoms with Gasteiger partial charge in [-0.2, -0.15) is 0 Å². The van der Waals surface area contributed by atoms with E-state index in [2.05, 4.69) is 46.9 Å². The molecule has 4 aliphatic rings. The van der Waals surface area contributed by atoms with Crippen molar-refractivity contribution < 1.29 is 9.22 Å². The highest BCUT2D eigenvalue weighted by Gasteiger charge is 2.57. The van der Waals surface area contributed by atoms with Crippen molar-refractivity contribution in [2.45, 2.75) is 97.2 Å². The predicted octanol–water partition coefficient (Wildman–Crippen LogP) is 7.03. The third-order valence-corrected chi connectivity index (χ3v) is 13.7. The zero-order valence-electron chi connectivity index (χ0n) is 18.9. The molecule has 2 nitrogen and oxygen atoms in total. The molecule has 0 amide bonds. The van der Waals surface area contributed by atoms with Gasteiger partial charge in [-0.1, -0.05) is 33.3 Å². The van der Waals surface area contributed by atoms with Crippen LogP contribution in [0.25, 0.3) is 0 Å². The van der Waals surface area contributed by atoms with Crippen LogP contribution >= 0.6 is 0 Å². The molecule has 0 aromatic rings. The normalized spacial score (nSPS) is 38.1. The lowest BCUT2D eigenvalue weighted by Gasteiger charge is -2.55. The Labute approximate surface area is 173 Å². The van der Waals surface area contributed by atoms with Crippen molar-refractivity contribution in [2.75, 3.05) is 0 Å². The molecule has 0 radical (unpaired) electrons. The van der Waals surface area contributed by atoms with Crippen molar-refractivity contribution in [3.8, 4) is 0 Å². The topological polar surface area (TPSA) is 26.3 Å². The van der Waals surface area contributed by atoms with Crippen LogP contribution in [0.2, 0.25) is 18.1 Å². The average molecular weight is 401 g/mol. The molecule has 0 N–H and O–H groups in total. The molecule has 5 atom stereocenters. The summed E-state index contributed by atoms with van der Waals surface area (Å²) >= 11 is 0. The van der Waals surface area contributed by atoms with Gasteiger partial charge in [-0.15, -0.1) is 0 Å². The number of rotatable bonds is 3. The maximum absolute atomic E-state index is 11.9. The van der Waals surface area contributed by atoms with Crippen molar-refractivity contribution in [1.82, 2.24) is 0 Å². The van der Waals surface area contributed by atoms with E-state index in [1.54, 1.807) is 0 Å². The van der Waals surface area contributed by atoms with E-state index in [1.807, 2.05) is 6.08 Å². The van der Waals surface area contributed by atoms with Gasteiger partial charge in [-0.3, -0.25) is 4.79 Å². The largest absolute Gasteiger partial charge is 0.546 e. The summed E-state index contributed by atoms with van der Waals surface area (Å²) in [6, 6.07) is 0. The van der Waals surface area contributed by atoms with E-state index in [9.17, 15) is 4.79 Å². The number of ketones is 1. The highest BCUT2D eigenvalue weighted by molar-refractivity contribution is 6.74. The van der Waals surface area contributed by atoms with Crippen LogP contribution in [-0.4, -0.2) is 14.1 Å². The Kier molecular flexibility index (Phi) is 5.00. The van der Waals surface area contributed by atoms with E-state index in [-0.39, 0.29) is 10.5 Å². The zero-order valence-corrected chi connectivity index (χ0v) is 19.9. The van der Waals surface area contributed by atoms with Crippen molar-refractivity contribution in [2.24, 2.45) is 29.1 Å². The molecule has 0 heterocycles. The van der Waals surface area contributed by atoms with Gasteiger partial charge in [0.25, 0.3) is 0 Å². The fraction of sp³-hybridized carbons (Fsp3) is 0.800. The Bertz CT molecular complexity index is 711. The highest BCUT2D eigenvalue weighted by atomic mass is 28.4. The van der Waals surface area contributed by atoms with Crippen molar-refractivity contribution in [1.29, 1.82) is 0 Å². The molecule has 2 fully saturated rings. The van der Waals surface area contributed by atoms with Crippen LogP contribution in [0.1, 0.15) is 79.1 Å². The first-order valence-electron chi connectivity index (χ1n) is 11.7. The molecule has 5 unspecified atom stereocenters. The Morgan fingerprint density at radius 1 is 1.14 bits per heavy atom. The van der Waals surface area contributed by atoms with E-state index in [0.717, 1.165) is 37.0 Å². The minimum absolute atomic E-state index is 0.247. The average Bonchev–Trinajstić information content (AvgIpc) is 2.98. The lowest BCUT2D eigenvalue weighted by atomic mass is 9.51. The van der Waals surface area contributed by atoms with Crippen molar-refractivity contribution in [3.63, 3.8) is 0 Å². The summed E-state index contributed by atoms with van der Waals surface area (Å²) < 4.78 is 6.97. The standard InChI is InChI=1S/C25H40O2Si/c1-7-25-15-14-20-19-11-9-18(26)16-17(19)8-10-21(20)22(25)12-13-23(25)27-28(5,6)24(2,3)4/h13,16,19-22H,7-12,14-15H2,1-6H3. The molecule has 0 aromatic heterocycles. The van der Waals surface area contributed by atoms with Gasteiger partial charge in [0.2, 0.25) is 8.32 Å². The van der Waals surface area contributed by atoms with Crippen LogP contribution in [0.5, 0.6) is 0 Å². The number of carbonyl (C=O) groups is 1. The number of hydrogen-bond acceptors (Lipinski definition) is 2. The van der Waals surface area contributed by atoms with E-state index in [4.69, 9.17) is 4.43 Å². The van der Waals surface area contributed by atoms with Gasteiger partial charge in [-0.25, -0.2) is 0 Å². The highest BCUT2D eigenvalue weighted by Crippen LogP contribution is 2.64. The summed E-state index contributed by atoms with van der Waals surface area (Å²) in [5.74, 6) is 4.81. The van der Waals surface area contributed by atoms with Crippen molar-refractivity contribution in [3.05, 3.63) is 23.5 Å². The maximum Gasteiger partial charge on any atom is 0.250 e. The molecule has 28 heavy (non-hydrogen) atoms.